The Hall–Kier alpha value is -3.49. The van der Waals surface area contributed by atoms with Crippen molar-refractivity contribution in [2.75, 3.05) is 6.61 Å². The standard InChI is InChI=1S/C24H22F3NO5/c1-4-6-13(5-2)11-33-23(32)17-10-16(12(3)28-22(17)24(25,26)27)21(31)18-19(29)14-7-8-15(9-14)20(18)30/h4-6,10,14-15,31H,1-2,7-9,11H2,3H3/b13-6+,21-18?. The number of hydrogen-bond acceptors (Lipinski definition) is 6. The molecule has 6 nitrogen and oxygen atoms in total. The number of rotatable bonds is 6. The molecule has 2 atom stereocenters. The smallest absolute Gasteiger partial charge is 0.434 e. The van der Waals surface area contributed by atoms with Gasteiger partial charge in [0.25, 0.3) is 0 Å². The summed E-state index contributed by atoms with van der Waals surface area (Å²) < 4.78 is 45.8. The number of halogens is 3. The van der Waals surface area contributed by atoms with Gasteiger partial charge in [0.15, 0.2) is 17.3 Å². The first kappa shape index (κ1) is 24.2. The predicted octanol–water partition coefficient (Wildman–Crippen LogP) is 4.70. The number of Topliss-reactive ketones (excluding diaryl/α,β-unsaturated/α-hetero) is 2. The van der Waals surface area contributed by atoms with Gasteiger partial charge in [0.1, 0.15) is 17.9 Å². The largest absolute Gasteiger partial charge is 0.506 e. The molecule has 2 aliphatic rings. The second-order valence-electron chi connectivity index (χ2n) is 7.93. The molecule has 0 saturated heterocycles. The highest BCUT2D eigenvalue weighted by Gasteiger charge is 2.46. The topological polar surface area (TPSA) is 93.6 Å². The van der Waals surface area contributed by atoms with Crippen LogP contribution in [0.25, 0.3) is 5.76 Å². The summed E-state index contributed by atoms with van der Waals surface area (Å²) in [4.78, 5) is 41.4. The van der Waals surface area contributed by atoms with Gasteiger partial charge in [0, 0.05) is 23.1 Å². The van der Waals surface area contributed by atoms with Gasteiger partial charge >= 0.3 is 12.1 Å². The highest BCUT2D eigenvalue weighted by molar-refractivity contribution is 6.27. The van der Waals surface area contributed by atoms with Crippen LogP contribution >= 0.6 is 0 Å². The molecule has 33 heavy (non-hydrogen) atoms. The van der Waals surface area contributed by atoms with E-state index < -0.39 is 58.1 Å². The zero-order valence-corrected chi connectivity index (χ0v) is 17.9. The Bertz CT molecular complexity index is 1090. The van der Waals surface area contributed by atoms with E-state index in [4.69, 9.17) is 4.74 Å². The van der Waals surface area contributed by atoms with Crippen LogP contribution in [0.3, 0.4) is 0 Å². The Kier molecular flexibility index (Phi) is 6.71. The zero-order valence-electron chi connectivity index (χ0n) is 17.9. The maximum Gasteiger partial charge on any atom is 0.434 e. The molecule has 0 amide bonds. The molecule has 174 valence electrons. The maximum absolute atomic E-state index is 13.6. The van der Waals surface area contributed by atoms with Crippen molar-refractivity contribution >= 4 is 23.3 Å². The van der Waals surface area contributed by atoms with Crippen molar-refractivity contribution in [2.24, 2.45) is 11.8 Å². The summed E-state index contributed by atoms with van der Waals surface area (Å²) in [6.45, 7) is 7.81. The van der Waals surface area contributed by atoms with E-state index >= 15 is 0 Å². The van der Waals surface area contributed by atoms with Gasteiger partial charge in [-0.15, -0.1) is 0 Å². The lowest BCUT2D eigenvalue weighted by molar-refractivity contribution is -0.141. The van der Waals surface area contributed by atoms with Crippen molar-refractivity contribution in [1.29, 1.82) is 0 Å². The average Bonchev–Trinajstić information content (AvgIpc) is 3.21. The predicted molar refractivity (Wildman–Crippen MR) is 113 cm³/mol. The van der Waals surface area contributed by atoms with Gasteiger partial charge in [-0.05, 0) is 37.8 Å². The number of allylic oxidation sites excluding steroid dienone is 3. The Balaban J connectivity index is 2.09. The number of hydrogen-bond donors (Lipinski definition) is 1. The normalized spacial score (nSPS) is 20.6. The van der Waals surface area contributed by atoms with E-state index in [-0.39, 0.29) is 17.9 Å². The number of aromatic nitrogens is 1. The molecule has 1 N–H and O–H groups in total. The first-order chi connectivity index (χ1) is 15.5. The lowest BCUT2D eigenvalue weighted by atomic mass is 9.81. The Morgan fingerprint density at radius 1 is 1.21 bits per heavy atom. The molecule has 1 aromatic heterocycles. The quantitative estimate of drug-likeness (QED) is 0.217. The number of aryl methyl sites for hydroxylation is 1. The number of carbonyl (C=O) groups is 3. The summed E-state index contributed by atoms with van der Waals surface area (Å²) in [6.07, 6.45) is 0.648. The number of pyridine rings is 1. The number of fused-ring (bicyclic) bond motifs is 2. The summed E-state index contributed by atoms with van der Waals surface area (Å²) in [5.74, 6) is -4.02. The van der Waals surface area contributed by atoms with E-state index in [1.165, 1.54) is 25.2 Å². The monoisotopic (exact) mass is 461 g/mol. The van der Waals surface area contributed by atoms with Gasteiger partial charge in [-0.2, -0.15) is 13.2 Å². The SMILES string of the molecule is C=C/C=C(\C=C)COC(=O)c1cc(C(O)=C2C(=O)C3CCC(C3)C2=O)c(C)nc1C(F)(F)F. The van der Waals surface area contributed by atoms with Crippen LogP contribution in [0.5, 0.6) is 0 Å². The van der Waals surface area contributed by atoms with Crippen molar-refractivity contribution in [3.05, 3.63) is 71.1 Å². The molecular weight excluding hydrogens is 439 g/mol. The van der Waals surface area contributed by atoms with Gasteiger partial charge in [-0.3, -0.25) is 9.59 Å². The lowest BCUT2D eigenvalue weighted by Gasteiger charge is -2.21. The fourth-order valence-corrected chi connectivity index (χ4v) is 4.13. The minimum absolute atomic E-state index is 0.291. The number of aliphatic hydroxyl groups is 1. The van der Waals surface area contributed by atoms with E-state index in [1.807, 2.05) is 0 Å². The molecule has 2 saturated carbocycles. The molecule has 0 radical (unpaired) electrons. The third kappa shape index (κ3) is 4.67. The fraction of sp³-hybridized carbons (Fsp3) is 0.333. The average molecular weight is 461 g/mol. The van der Waals surface area contributed by atoms with Crippen LogP contribution in [-0.2, 0) is 20.5 Å². The van der Waals surface area contributed by atoms with Crippen LogP contribution in [-0.4, -0.2) is 34.2 Å². The summed E-state index contributed by atoms with van der Waals surface area (Å²) >= 11 is 0. The molecule has 2 aliphatic carbocycles. The van der Waals surface area contributed by atoms with E-state index in [1.54, 1.807) is 0 Å². The Labute approximate surface area is 188 Å². The molecule has 9 heteroatoms. The number of ether oxygens (including phenoxy) is 1. The minimum Gasteiger partial charge on any atom is -0.506 e. The summed E-state index contributed by atoms with van der Waals surface area (Å²) in [5.41, 5.74) is -3.09. The van der Waals surface area contributed by atoms with Crippen molar-refractivity contribution in [2.45, 2.75) is 32.4 Å². The van der Waals surface area contributed by atoms with Crippen LogP contribution in [0.2, 0.25) is 0 Å². The van der Waals surface area contributed by atoms with Crippen LogP contribution in [0.4, 0.5) is 13.2 Å². The molecule has 0 aliphatic heterocycles. The molecule has 2 fully saturated rings. The molecular formula is C24H22F3NO5. The Morgan fingerprint density at radius 3 is 2.33 bits per heavy atom. The molecule has 1 heterocycles. The summed E-state index contributed by atoms with van der Waals surface area (Å²) in [7, 11) is 0. The highest BCUT2D eigenvalue weighted by Crippen LogP contribution is 2.42. The van der Waals surface area contributed by atoms with E-state index in [0.717, 1.165) is 6.07 Å². The van der Waals surface area contributed by atoms with E-state index in [9.17, 15) is 32.7 Å². The first-order valence-corrected chi connectivity index (χ1v) is 10.2. The molecule has 0 spiro atoms. The van der Waals surface area contributed by atoms with Crippen molar-refractivity contribution in [1.82, 2.24) is 4.98 Å². The molecule has 2 bridgehead atoms. The van der Waals surface area contributed by atoms with Gasteiger partial charge in [-0.1, -0.05) is 31.4 Å². The number of alkyl halides is 3. The van der Waals surface area contributed by atoms with Gasteiger partial charge in [0.2, 0.25) is 0 Å². The fourth-order valence-electron chi connectivity index (χ4n) is 4.13. The van der Waals surface area contributed by atoms with Gasteiger partial charge in [-0.25, -0.2) is 9.78 Å². The number of nitrogens with zero attached hydrogens (tertiary/aromatic N) is 1. The van der Waals surface area contributed by atoms with Crippen LogP contribution < -0.4 is 0 Å². The number of ketones is 2. The number of esters is 1. The molecule has 0 aromatic carbocycles. The van der Waals surface area contributed by atoms with Crippen LogP contribution in [0.1, 0.15) is 46.6 Å². The summed E-state index contributed by atoms with van der Waals surface area (Å²) in [6, 6.07) is 0.762. The zero-order chi connectivity index (χ0) is 24.5. The first-order valence-electron chi connectivity index (χ1n) is 10.2. The van der Waals surface area contributed by atoms with E-state index in [0.29, 0.717) is 24.8 Å². The van der Waals surface area contributed by atoms with E-state index in [2.05, 4.69) is 18.1 Å². The molecule has 3 rings (SSSR count). The second-order valence-corrected chi connectivity index (χ2v) is 7.93. The van der Waals surface area contributed by atoms with Crippen molar-refractivity contribution < 1.29 is 37.4 Å². The van der Waals surface area contributed by atoms with Crippen LogP contribution in [0.15, 0.2) is 48.6 Å². The maximum atomic E-state index is 13.6. The lowest BCUT2D eigenvalue weighted by Crippen LogP contribution is -2.30. The van der Waals surface area contributed by atoms with Crippen LogP contribution in [0, 0.1) is 18.8 Å². The van der Waals surface area contributed by atoms with Gasteiger partial charge in [0.05, 0.1) is 5.56 Å². The second kappa shape index (κ2) is 9.17. The number of aliphatic hydroxyl groups excluding tert-OH is 1. The molecule has 2 unspecified atom stereocenters. The number of carbonyl (C=O) groups excluding carboxylic acids is 3. The van der Waals surface area contributed by atoms with Gasteiger partial charge < -0.3 is 9.84 Å². The summed E-state index contributed by atoms with van der Waals surface area (Å²) in [5, 5.41) is 10.8. The highest BCUT2D eigenvalue weighted by atomic mass is 19.4. The third-order valence-electron chi connectivity index (χ3n) is 5.82. The van der Waals surface area contributed by atoms with Crippen molar-refractivity contribution in [3.63, 3.8) is 0 Å². The minimum atomic E-state index is -4.99. The van der Waals surface area contributed by atoms with Crippen molar-refractivity contribution in [3.8, 4) is 0 Å². The molecule has 1 aromatic rings. The Morgan fingerprint density at radius 2 is 1.82 bits per heavy atom. The third-order valence-corrected chi connectivity index (χ3v) is 5.82.